The number of hydrogen-bond donors (Lipinski definition) is 1. The highest BCUT2D eigenvalue weighted by Crippen LogP contribution is 2.25. The van der Waals surface area contributed by atoms with Gasteiger partial charge in [0.2, 0.25) is 0 Å². The molecule has 0 aliphatic heterocycles. The van der Waals surface area contributed by atoms with Crippen molar-refractivity contribution in [2.45, 2.75) is 6.54 Å². The molecular formula is C23H17BrN2O2. The van der Waals surface area contributed by atoms with Gasteiger partial charge in [0.25, 0.3) is 5.91 Å². The quantitative estimate of drug-likeness (QED) is 0.439. The monoisotopic (exact) mass is 432 g/mol. The second-order valence-electron chi connectivity index (χ2n) is 6.32. The van der Waals surface area contributed by atoms with E-state index in [9.17, 15) is 4.79 Å². The van der Waals surface area contributed by atoms with Crippen molar-refractivity contribution >= 4 is 21.8 Å². The Labute approximate surface area is 171 Å². The van der Waals surface area contributed by atoms with Crippen LogP contribution >= 0.6 is 15.9 Å². The lowest BCUT2D eigenvalue weighted by atomic mass is 10.0. The molecule has 138 valence electrons. The van der Waals surface area contributed by atoms with E-state index in [2.05, 4.69) is 50.7 Å². The van der Waals surface area contributed by atoms with Crippen molar-refractivity contribution in [3.8, 4) is 22.5 Å². The minimum absolute atomic E-state index is 0.149. The van der Waals surface area contributed by atoms with Gasteiger partial charge < -0.3 is 9.84 Å². The van der Waals surface area contributed by atoms with Crippen molar-refractivity contribution in [2.24, 2.45) is 0 Å². The maximum absolute atomic E-state index is 12.2. The van der Waals surface area contributed by atoms with Gasteiger partial charge >= 0.3 is 0 Å². The van der Waals surface area contributed by atoms with E-state index in [4.69, 9.17) is 4.52 Å². The Morgan fingerprint density at radius 1 is 0.857 bits per heavy atom. The molecule has 0 atom stereocenters. The molecule has 4 nitrogen and oxygen atoms in total. The number of nitrogens with zero attached hydrogens (tertiary/aromatic N) is 1. The molecule has 0 bridgehead atoms. The van der Waals surface area contributed by atoms with E-state index < -0.39 is 0 Å². The number of amides is 1. The number of hydrogen-bond acceptors (Lipinski definition) is 3. The van der Waals surface area contributed by atoms with Crippen LogP contribution in [0.15, 0.2) is 93.9 Å². The smallest absolute Gasteiger partial charge is 0.251 e. The third kappa shape index (κ3) is 4.21. The molecular weight excluding hydrogens is 416 g/mol. The van der Waals surface area contributed by atoms with Gasteiger partial charge in [-0.05, 0) is 35.4 Å². The Balaban J connectivity index is 1.41. The van der Waals surface area contributed by atoms with Crippen LogP contribution in [0.3, 0.4) is 0 Å². The Kier molecular flexibility index (Phi) is 5.35. The number of nitrogens with one attached hydrogen (secondary N) is 1. The summed E-state index contributed by atoms with van der Waals surface area (Å²) in [5.41, 5.74) is 4.53. The zero-order valence-corrected chi connectivity index (χ0v) is 16.5. The summed E-state index contributed by atoms with van der Waals surface area (Å²) in [5, 5.41) is 6.91. The highest BCUT2D eigenvalue weighted by Gasteiger charge is 2.10. The molecule has 4 rings (SSSR count). The minimum atomic E-state index is -0.149. The number of carbonyl (C=O) groups excluding carboxylic acids is 1. The molecule has 0 aliphatic carbocycles. The van der Waals surface area contributed by atoms with E-state index in [0.717, 1.165) is 15.6 Å². The molecule has 0 fully saturated rings. The van der Waals surface area contributed by atoms with Crippen molar-refractivity contribution in [2.75, 3.05) is 0 Å². The Morgan fingerprint density at radius 3 is 2.21 bits per heavy atom. The van der Waals surface area contributed by atoms with E-state index in [1.807, 2.05) is 48.5 Å². The van der Waals surface area contributed by atoms with Gasteiger partial charge in [0.05, 0.1) is 6.54 Å². The van der Waals surface area contributed by atoms with E-state index in [1.165, 1.54) is 5.56 Å². The molecule has 1 amide bonds. The predicted octanol–water partition coefficient (Wildman–Crippen LogP) is 5.70. The van der Waals surface area contributed by atoms with Crippen LogP contribution in [0.4, 0.5) is 0 Å². The second-order valence-corrected chi connectivity index (χ2v) is 7.23. The van der Waals surface area contributed by atoms with Gasteiger partial charge in [-0.1, -0.05) is 75.7 Å². The Morgan fingerprint density at radius 2 is 1.50 bits per heavy atom. The van der Waals surface area contributed by atoms with Crippen LogP contribution < -0.4 is 5.32 Å². The SMILES string of the molecule is O=C(NCc1cc(-c2ccc(-c3ccccc3)cc2)on1)c1ccc(Br)cc1. The molecule has 0 aliphatic rings. The first-order chi connectivity index (χ1) is 13.7. The van der Waals surface area contributed by atoms with Crippen molar-refractivity contribution < 1.29 is 9.32 Å². The van der Waals surface area contributed by atoms with Crippen LogP contribution in [-0.4, -0.2) is 11.1 Å². The first kappa shape index (κ1) is 18.2. The second kappa shape index (κ2) is 8.23. The molecule has 1 N–H and O–H groups in total. The first-order valence-corrected chi connectivity index (χ1v) is 9.63. The molecule has 3 aromatic carbocycles. The number of rotatable bonds is 5. The fourth-order valence-corrected chi connectivity index (χ4v) is 3.13. The summed E-state index contributed by atoms with van der Waals surface area (Å²) >= 11 is 3.36. The number of aromatic nitrogens is 1. The van der Waals surface area contributed by atoms with Gasteiger partial charge in [-0.25, -0.2) is 0 Å². The summed E-state index contributed by atoms with van der Waals surface area (Å²) in [5.74, 6) is 0.525. The lowest BCUT2D eigenvalue weighted by Gasteiger charge is -2.03. The molecule has 0 spiro atoms. The highest BCUT2D eigenvalue weighted by atomic mass is 79.9. The highest BCUT2D eigenvalue weighted by molar-refractivity contribution is 9.10. The van der Waals surface area contributed by atoms with Crippen LogP contribution in [0.25, 0.3) is 22.5 Å². The summed E-state index contributed by atoms with van der Waals surface area (Å²) in [7, 11) is 0. The van der Waals surface area contributed by atoms with Crippen LogP contribution in [0.1, 0.15) is 16.1 Å². The summed E-state index contributed by atoms with van der Waals surface area (Å²) in [6.45, 7) is 0.306. The molecule has 0 unspecified atom stereocenters. The molecule has 0 radical (unpaired) electrons. The normalized spacial score (nSPS) is 10.6. The molecule has 28 heavy (non-hydrogen) atoms. The fraction of sp³-hybridized carbons (Fsp3) is 0.0435. The zero-order chi connectivity index (χ0) is 19.3. The molecule has 1 aromatic heterocycles. The Bertz CT molecular complexity index is 1070. The van der Waals surface area contributed by atoms with Gasteiger partial charge in [-0.2, -0.15) is 0 Å². The summed E-state index contributed by atoms with van der Waals surface area (Å²) in [4.78, 5) is 12.2. The standard InChI is InChI=1S/C23H17BrN2O2/c24-20-12-10-19(11-13-20)23(27)25-15-21-14-22(28-26-21)18-8-6-17(7-9-18)16-4-2-1-3-5-16/h1-14H,15H2,(H,25,27). The first-order valence-electron chi connectivity index (χ1n) is 8.84. The van der Waals surface area contributed by atoms with Crippen molar-refractivity contribution in [3.63, 3.8) is 0 Å². The number of halogens is 1. The van der Waals surface area contributed by atoms with Gasteiger partial charge in [0.15, 0.2) is 5.76 Å². The van der Waals surface area contributed by atoms with Crippen molar-refractivity contribution in [3.05, 3.63) is 101 Å². The van der Waals surface area contributed by atoms with Gasteiger partial charge in [-0.15, -0.1) is 0 Å². The minimum Gasteiger partial charge on any atom is -0.356 e. The van der Waals surface area contributed by atoms with Crippen LogP contribution in [-0.2, 0) is 6.54 Å². The van der Waals surface area contributed by atoms with Gasteiger partial charge in [-0.3, -0.25) is 4.79 Å². The predicted molar refractivity (Wildman–Crippen MR) is 113 cm³/mol. The van der Waals surface area contributed by atoms with Crippen molar-refractivity contribution in [1.82, 2.24) is 10.5 Å². The fourth-order valence-electron chi connectivity index (χ4n) is 2.86. The van der Waals surface area contributed by atoms with Gasteiger partial charge in [0.1, 0.15) is 5.69 Å². The number of carbonyl (C=O) groups is 1. The van der Waals surface area contributed by atoms with E-state index in [0.29, 0.717) is 23.6 Å². The van der Waals surface area contributed by atoms with E-state index in [-0.39, 0.29) is 5.91 Å². The average Bonchev–Trinajstić information content (AvgIpc) is 3.22. The lowest BCUT2D eigenvalue weighted by molar-refractivity contribution is 0.0950. The van der Waals surface area contributed by atoms with Gasteiger partial charge in [0, 0.05) is 21.7 Å². The summed E-state index contributed by atoms with van der Waals surface area (Å²) in [6.07, 6.45) is 0. The topological polar surface area (TPSA) is 55.1 Å². The molecule has 0 saturated carbocycles. The third-order valence-electron chi connectivity index (χ3n) is 4.37. The maximum Gasteiger partial charge on any atom is 0.251 e. The molecule has 4 aromatic rings. The molecule has 1 heterocycles. The van der Waals surface area contributed by atoms with E-state index >= 15 is 0 Å². The zero-order valence-electron chi connectivity index (χ0n) is 14.9. The molecule has 5 heteroatoms. The van der Waals surface area contributed by atoms with Crippen molar-refractivity contribution in [1.29, 1.82) is 0 Å². The molecule has 0 saturated heterocycles. The van der Waals surface area contributed by atoms with Crippen LogP contribution in [0.5, 0.6) is 0 Å². The van der Waals surface area contributed by atoms with Crippen LogP contribution in [0, 0.1) is 0 Å². The lowest BCUT2D eigenvalue weighted by Crippen LogP contribution is -2.22. The summed E-state index contributed by atoms with van der Waals surface area (Å²) < 4.78 is 6.38. The largest absolute Gasteiger partial charge is 0.356 e. The Hall–Kier alpha value is -3.18. The number of benzene rings is 3. The maximum atomic E-state index is 12.2. The summed E-state index contributed by atoms with van der Waals surface area (Å²) in [6, 6.07) is 27.4. The van der Waals surface area contributed by atoms with Crippen LogP contribution in [0.2, 0.25) is 0 Å². The van der Waals surface area contributed by atoms with E-state index in [1.54, 1.807) is 12.1 Å². The average molecular weight is 433 g/mol. The third-order valence-corrected chi connectivity index (χ3v) is 4.90.